The maximum atomic E-state index is 10.2. The number of hydrogen-bond donors (Lipinski definition) is 0. The standard InChI is InChI=1S/2C24H20N.C6H5O2P/c2*1-5-13-21(14-6-1)25(22-15-7-2-8-16-22,23-17-9-3-10-18-23)24-19-11-4-12-20-24;7-9(8)6-4-2-1-3-5-6/h2*1-20H;1-5H/q2*+1;-2. The highest BCUT2D eigenvalue weighted by molar-refractivity contribution is 7.51. The number of quaternary nitrogens is 2. The third-order valence-corrected chi connectivity index (χ3v) is 10.8. The zero-order chi connectivity index (χ0) is 40.6. The fourth-order valence-electron chi connectivity index (χ4n) is 7.55. The van der Waals surface area contributed by atoms with Crippen LogP contribution in [0.4, 0.5) is 45.5 Å². The molecule has 0 unspecified atom stereocenters. The van der Waals surface area contributed by atoms with E-state index in [0.29, 0.717) is 14.3 Å². The van der Waals surface area contributed by atoms with Crippen molar-refractivity contribution in [2.45, 2.75) is 0 Å². The molecule has 0 atom stereocenters. The summed E-state index contributed by atoms with van der Waals surface area (Å²) >= 11 is 0. The third-order valence-electron chi connectivity index (χ3n) is 10.1. The van der Waals surface area contributed by atoms with Crippen molar-refractivity contribution < 1.29 is 9.79 Å². The summed E-state index contributed by atoms with van der Waals surface area (Å²) in [6.07, 6.45) is 0. The van der Waals surface area contributed by atoms with Crippen molar-refractivity contribution in [3.8, 4) is 0 Å². The quantitative estimate of drug-likeness (QED) is 0.108. The molecule has 0 radical (unpaired) electrons. The number of nitrogens with zero attached hydrogens (tertiary/aromatic N) is 2. The van der Waals surface area contributed by atoms with Crippen LogP contribution in [0.25, 0.3) is 0 Å². The van der Waals surface area contributed by atoms with E-state index >= 15 is 0 Å². The highest BCUT2D eigenvalue weighted by atomic mass is 31.2. The summed E-state index contributed by atoms with van der Waals surface area (Å²) in [6.45, 7) is 0. The van der Waals surface area contributed by atoms with E-state index in [1.54, 1.807) is 30.3 Å². The van der Waals surface area contributed by atoms with E-state index < -0.39 is 8.38 Å². The fraction of sp³-hybridized carbons (Fsp3) is 0. The maximum absolute atomic E-state index is 10.2. The Balaban J connectivity index is 0.000000148. The van der Waals surface area contributed by atoms with Gasteiger partial charge in [0.25, 0.3) is 0 Å². The topological polar surface area (TPSA) is 46.1 Å². The SMILES string of the molecule is [O-]P([O-])c1ccccc1.c1ccc([N+](c2ccccc2)(c2ccccc2)c2ccccc2)cc1.c1ccc([N+](c2ccccc2)(c2ccccc2)c2ccccc2)cc1. The Labute approximate surface area is 349 Å². The van der Waals surface area contributed by atoms with Gasteiger partial charge in [-0.15, -0.1) is 0 Å². The molecule has 0 N–H and O–H groups in total. The molecule has 0 aromatic heterocycles. The Kier molecular flexibility index (Phi) is 13.8. The minimum absolute atomic E-state index is 0.368. The van der Waals surface area contributed by atoms with E-state index in [0.717, 1.165) is 0 Å². The third kappa shape index (κ3) is 9.04. The Morgan fingerprint density at radius 3 is 0.458 bits per heavy atom. The van der Waals surface area contributed by atoms with E-state index in [9.17, 15) is 9.79 Å². The van der Waals surface area contributed by atoms with Gasteiger partial charge in [-0.05, 0) is 0 Å². The molecule has 0 bridgehead atoms. The Morgan fingerprint density at radius 1 is 0.203 bits per heavy atom. The van der Waals surface area contributed by atoms with Crippen LogP contribution in [0.2, 0.25) is 0 Å². The molecule has 4 nitrogen and oxygen atoms in total. The first-order valence-corrected chi connectivity index (χ1v) is 20.8. The lowest BCUT2D eigenvalue weighted by Gasteiger charge is -2.37. The minimum Gasteiger partial charge on any atom is -0.838 e. The van der Waals surface area contributed by atoms with E-state index in [4.69, 9.17) is 0 Å². The van der Waals surface area contributed by atoms with Crippen LogP contribution in [0.15, 0.2) is 273 Å². The zero-order valence-electron chi connectivity index (χ0n) is 32.6. The molecule has 9 aromatic rings. The van der Waals surface area contributed by atoms with Crippen molar-refractivity contribution in [1.82, 2.24) is 8.97 Å². The molecule has 0 heterocycles. The Morgan fingerprint density at radius 2 is 0.339 bits per heavy atom. The molecule has 0 fully saturated rings. The average molecular weight is 785 g/mol. The molecular weight excluding hydrogens is 740 g/mol. The van der Waals surface area contributed by atoms with Gasteiger partial charge in [0, 0.05) is 97.1 Å². The van der Waals surface area contributed by atoms with Crippen molar-refractivity contribution in [1.29, 1.82) is 0 Å². The second-order valence-corrected chi connectivity index (χ2v) is 14.6. The number of hydrogen-bond acceptors (Lipinski definition) is 2. The summed E-state index contributed by atoms with van der Waals surface area (Å²) in [7, 11) is -2.40. The number of benzene rings is 9. The van der Waals surface area contributed by atoms with Crippen LogP contribution < -0.4 is 24.1 Å². The second-order valence-electron chi connectivity index (χ2n) is 13.6. The van der Waals surface area contributed by atoms with Crippen LogP contribution >= 0.6 is 8.38 Å². The van der Waals surface area contributed by atoms with E-state index in [1.807, 2.05) is 0 Å². The summed E-state index contributed by atoms with van der Waals surface area (Å²) < 4.78 is 1.12. The summed E-state index contributed by atoms with van der Waals surface area (Å²) in [5.74, 6) is 0. The minimum atomic E-state index is -2.40. The Hall–Kier alpha value is -6.75. The fourth-order valence-corrected chi connectivity index (χ4v) is 7.97. The van der Waals surface area contributed by atoms with Crippen molar-refractivity contribution in [2.75, 3.05) is 0 Å². The largest absolute Gasteiger partial charge is 0.838 e. The molecule has 59 heavy (non-hydrogen) atoms. The van der Waals surface area contributed by atoms with Crippen LogP contribution in [0.1, 0.15) is 0 Å². The number of para-hydroxylation sites is 8. The van der Waals surface area contributed by atoms with Gasteiger partial charge in [-0.3, -0.25) is 8.38 Å². The lowest BCUT2D eigenvalue weighted by atomic mass is 10.1. The molecule has 9 aromatic carbocycles. The molecule has 0 amide bonds. The van der Waals surface area contributed by atoms with Gasteiger partial charge in [0.05, 0.1) is 0 Å². The summed E-state index contributed by atoms with van der Waals surface area (Å²) in [4.78, 5) is 20.5. The van der Waals surface area contributed by atoms with Gasteiger partial charge in [-0.2, -0.15) is 8.97 Å². The molecular formula is C54H45N2O2P. The van der Waals surface area contributed by atoms with Gasteiger partial charge >= 0.3 is 0 Å². The monoisotopic (exact) mass is 784 g/mol. The molecule has 0 aliphatic carbocycles. The molecule has 0 saturated carbocycles. The summed E-state index contributed by atoms with van der Waals surface area (Å²) in [5.41, 5.74) is 9.71. The lowest BCUT2D eigenvalue weighted by molar-refractivity contribution is -0.287. The first-order valence-electron chi connectivity index (χ1n) is 19.6. The zero-order valence-corrected chi connectivity index (χ0v) is 33.5. The van der Waals surface area contributed by atoms with Crippen molar-refractivity contribution in [3.05, 3.63) is 273 Å². The van der Waals surface area contributed by atoms with Gasteiger partial charge in [0.1, 0.15) is 45.5 Å². The smallest absolute Gasteiger partial charge is 0.148 e. The van der Waals surface area contributed by atoms with Crippen LogP contribution in [0.3, 0.4) is 0 Å². The molecule has 0 saturated heterocycles. The van der Waals surface area contributed by atoms with Crippen LogP contribution in [-0.2, 0) is 0 Å². The van der Waals surface area contributed by atoms with Crippen molar-refractivity contribution in [2.24, 2.45) is 0 Å². The van der Waals surface area contributed by atoms with Crippen molar-refractivity contribution in [3.63, 3.8) is 0 Å². The predicted octanol–water partition coefficient (Wildman–Crippen LogP) is 13.3. The van der Waals surface area contributed by atoms with E-state index in [1.165, 1.54) is 45.5 Å². The van der Waals surface area contributed by atoms with Gasteiger partial charge in [-0.1, -0.05) is 181 Å². The normalized spacial score (nSPS) is 11.0. The highest BCUT2D eigenvalue weighted by Gasteiger charge is 2.40. The van der Waals surface area contributed by atoms with Gasteiger partial charge in [-0.25, -0.2) is 0 Å². The molecule has 0 aliphatic heterocycles. The van der Waals surface area contributed by atoms with Gasteiger partial charge in [0.15, 0.2) is 0 Å². The predicted molar refractivity (Wildman–Crippen MR) is 246 cm³/mol. The molecule has 288 valence electrons. The van der Waals surface area contributed by atoms with Crippen molar-refractivity contribution >= 4 is 59.2 Å². The first-order chi connectivity index (χ1) is 29.1. The van der Waals surface area contributed by atoms with E-state index in [2.05, 4.69) is 243 Å². The van der Waals surface area contributed by atoms with Crippen LogP contribution in [0, 0.1) is 0 Å². The lowest BCUT2D eigenvalue weighted by Crippen LogP contribution is -2.33. The molecule has 5 heteroatoms. The first kappa shape index (κ1) is 40.4. The molecule has 9 rings (SSSR count). The maximum Gasteiger partial charge on any atom is 0.148 e. The van der Waals surface area contributed by atoms with Gasteiger partial charge in [0.2, 0.25) is 0 Å². The molecule has 0 aliphatic rings. The van der Waals surface area contributed by atoms with Crippen LogP contribution in [0.5, 0.6) is 0 Å². The highest BCUT2D eigenvalue weighted by Crippen LogP contribution is 2.52. The van der Waals surface area contributed by atoms with E-state index in [-0.39, 0.29) is 0 Å². The summed E-state index contributed by atoms with van der Waals surface area (Å²) in [5, 5.41) is 0.368. The van der Waals surface area contributed by atoms with Crippen LogP contribution in [-0.4, -0.2) is 0 Å². The van der Waals surface area contributed by atoms with Gasteiger partial charge < -0.3 is 9.79 Å². The second kappa shape index (κ2) is 20.1. The summed E-state index contributed by atoms with van der Waals surface area (Å²) in [6, 6.07) is 93.8. The molecule has 0 spiro atoms. The number of rotatable bonds is 9. The Bertz CT molecular complexity index is 2040. The average Bonchev–Trinajstić information content (AvgIpc) is 3.33.